The number of nitrogens with zero attached hydrogens (tertiary/aromatic N) is 3. The summed E-state index contributed by atoms with van der Waals surface area (Å²) in [6, 6.07) is -0.427. The summed E-state index contributed by atoms with van der Waals surface area (Å²) in [5, 5.41) is 8.11. The third-order valence-electron chi connectivity index (χ3n) is 2.99. The van der Waals surface area contributed by atoms with Gasteiger partial charge in [0.15, 0.2) is 0 Å². The molecule has 1 unspecified atom stereocenters. The van der Waals surface area contributed by atoms with Crippen molar-refractivity contribution < 1.29 is 13.6 Å². The number of alkyl halides is 2. The Morgan fingerprint density at radius 3 is 2.86 bits per heavy atom. The van der Waals surface area contributed by atoms with Crippen LogP contribution in [-0.4, -0.2) is 27.1 Å². The summed E-state index contributed by atoms with van der Waals surface area (Å²) < 4.78 is 25.9. The second kappa shape index (κ2) is 7.30. The van der Waals surface area contributed by atoms with Crippen molar-refractivity contribution in [2.24, 2.45) is 0 Å². The highest BCUT2D eigenvalue weighted by molar-refractivity contribution is 7.09. The third-order valence-corrected chi connectivity index (χ3v) is 4.19. The van der Waals surface area contributed by atoms with Gasteiger partial charge in [0.1, 0.15) is 5.82 Å². The molecule has 1 atom stereocenters. The number of rotatable bonds is 6. The predicted octanol–water partition coefficient (Wildman–Crippen LogP) is 2.65. The second-order valence-corrected chi connectivity index (χ2v) is 5.71. The fourth-order valence-electron chi connectivity index (χ4n) is 1.81. The topological polar surface area (TPSA) is 71.8 Å². The van der Waals surface area contributed by atoms with E-state index in [1.165, 1.54) is 12.4 Å². The quantitative estimate of drug-likeness (QED) is 0.856. The Balaban J connectivity index is 1.77. The number of carbonyl (C=O) groups excluding carboxylic acids is 1. The summed E-state index contributed by atoms with van der Waals surface area (Å²) in [5.41, 5.74) is 0.954. The molecule has 0 aliphatic heterocycles. The molecular weight excluding hydrogens is 312 g/mol. The first-order valence-corrected chi connectivity index (χ1v) is 7.59. The van der Waals surface area contributed by atoms with Crippen LogP contribution in [0.4, 0.5) is 13.6 Å². The van der Waals surface area contributed by atoms with Crippen molar-refractivity contribution >= 4 is 17.4 Å². The van der Waals surface area contributed by atoms with Gasteiger partial charge in [-0.2, -0.15) is 8.78 Å². The minimum absolute atomic E-state index is 0.0616. The SMILES string of the molecule is Cc1csc(C(C)CNC(=O)NCc2nccn2C(F)F)n1. The zero-order valence-electron chi connectivity index (χ0n) is 12.2. The van der Waals surface area contributed by atoms with Crippen molar-refractivity contribution in [2.45, 2.75) is 32.9 Å². The van der Waals surface area contributed by atoms with E-state index in [2.05, 4.69) is 20.6 Å². The van der Waals surface area contributed by atoms with Crippen molar-refractivity contribution in [3.8, 4) is 0 Å². The summed E-state index contributed by atoms with van der Waals surface area (Å²) in [4.78, 5) is 19.8. The number of amides is 2. The molecule has 2 aromatic rings. The fourth-order valence-corrected chi connectivity index (χ4v) is 2.67. The van der Waals surface area contributed by atoms with E-state index in [4.69, 9.17) is 0 Å². The minimum Gasteiger partial charge on any atom is -0.337 e. The molecule has 2 amide bonds. The molecule has 22 heavy (non-hydrogen) atoms. The third kappa shape index (κ3) is 4.23. The summed E-state index contributed by atoms with van der Waals surface area (Å²) in [6.45, 7) is 1.56. The Hall–Kier alpha value is -2.03. The molecule has 2 rings (SSSR count). The number of aromatic nitrogens is 3. The average molecular weight is 329 g/mol. The molecule has 6 nitrogen and oxygen atoms in total. The minimum atomic E-state index is -2.67. The van der Waals surface area contributed by atoms with Gasteiger partial charge in [-0.25, -0.2) is 14.8 Å². The molecule has 9 heteroatoms. The van der Waals surface area contributed by atoms with Crippen LogP contribution in [0.25, 0.3) is 0 Å². The summed E-state index contributed by atoms with van der Waals surface area (Å²) >= 11 is 1.55. The number of aryl methyl sites for hydroxylation is 1. The summed E-state index contributed by atoms with van der Waals surface area (Å²) in [7, 11) is 0. The van der Waals surface area contributed by atoms with E-state index in [0.717, 1.165) is 10.7 Å². The van der Waals surface area contributed by atoms with Gasteiger partial charge in [-0.15, -0.1) is 11.3 Å². The number of thiazole rings is 1. The zero-order chi connectivity index (χ0) is 16.1. The van der Waals surface area contributed by atoms with Crippen molar-refractivity contribution in [2.75, 3.05) is 6.54 Å². The molecule has 2 heterocycles. The molecule has 120 valence electrons. The van der Waals surface area contributed by atoms with Gasteiger partial charge < -0.3 is 10.6 Å². The van der Waals surface area contributed by atoms with E-state index in [1.807, 2.05) is 19.2 Å². The average Bonchev–Trinajstić information content (AvgIpc) is 3.11. The molecule has 0 fully saturated rings. The summed E-state index contributed by atoms with van der Waals surface area (Å²) in [6.07, 6.45) is 2.44. The lowest BCUT2D eigenvalue weighted by atomic mass is 10.2. The van der Waals surface area contributed by atoms with Crippen molar-refractivity contribution in [3.63, 3.8) is 0 Å². The van der Waals surface area contributed by atoms with Crippen LogP contribution in [-0.2, 0) is 6.54 Å². The molecule has 0 radical (unpaired) electrons. The summed E-state index contributed by atoms with van der Waals surface area (Å²) in [5.74, 6) is 0.196. The first-order chi connectivity index (χ1) is 10.5. The lowest BCUT2D eigenvalue weighted by Crippen LogP contribution is -2.37. The van der Waals surface area contributed by atoms with Crippen LogP contribution >= 0.6 is 11.3 Å². The lowest BCUT2D eigenvalue weighted by Gasteiger charge is -2.12. The molecule has 0 aliphatic rings. The Morgan fingerprint density at radius 1 is 1.45 bits per heavy atom. The van der Waals surface area contributed by atoms with Gasteiger partial charge in [0.2, 0.25) is 0 Å². The molecule has 0 bridgehead atoms. The van der Waals surface area contributed by atoms with E-state index in [9.17, 15) is 13.6 Å². The van der Waals surface area contributed by atoms with Gasteiger partial charge in [0, 0.05) is 35.9 Å². The fraction of sp³-hybridized carbons (Fsp3) is 0.462. The Kier molecular flexibility index (Phi) is 5.42. The first-order valence-electron chi connectivity index (χ1n) is 6.71. The maximum atomic E-state index is 12.6. The highest BCUT2D eigenvalue weighted by Gasteiger charge is 2.13. The number of urea groups is 1. The molecule has 0 saturated heterocycles. The van der Waals surface area contributed by atoms with Crippen LogP contribution in [0.5, 0.6) is 0 Å². The highest BCUT2D eigenvalue weighted by atomic mass is 32.1. The Morgan fingerprint density at radius 2 is 2.23 bits per heavy atom. The van der Waals surface area contributed by atoms with Crippen molar-refractivity contribution in [1.82, 2.24) is 25.2 Å². The van der Waals surface area contributed by atoms with Gasteiger partial charge in [-0.3, -0.25) is 4.57 Å². The van der Waals surface area contributed by atoms with Gasteiger partial charge >= 0.3 is 12.6 Å². The lowest BCUT2D eigenvalue weighted by molar-refractivity contribution is 0.0667. The normalized spacial score (nSPS) is 12.4. The van der Waals surface area contributed by atoms with Crippen LogP contribution in [0.2, 0.25) is 0 Å². The molecule has 0 spiro atoms. The molecule has 2 N–H and O–H groups in total. The Labute approximate surface area is 130 Å². The number of hydrogen-bond acceptors (Lipinski definition) is 4. The first kappa shape index (κ1) is 16.3. The van der Waals surface area contributed by atoms with Gasteiger partial charge in [0.05, 0.1) is 11.6 Å². The molecule has 0 saturated carbocycles. The van der Waals surface area contributed by atoms with E-state index in [1.54, 1.807) is 11.3 Å². The number of imidazole rings is 1. The van der Waals surface area contributed by atoms with Gasteiger partial charge in [0.25, 0.3) is 0 Å². The monoisotopic (exact) mass is 329 g/mol. The maximum Gasteiger partial charge on any atom is 0.319 e. The molecule has 0 aliphatic carbocycles. The molecule has 2 aromatic heterocycles. The van der Waals surface area contributed by atoms with Crippen molar-refractivity contribution in [1.29, 1.82) is 0 Å². The number of nitrogens with one attached hydrogen (secondary N) is 2. The van der Waals surface area contributed by atoms with Crippen LogP contribution in [0, 0.1) is 6.92 Å². The van der Waals surface area contributed by atoms with Crippen LogP contribution in [0.1, 0.15) is 35.9 Å². The Bertz CT molecular complexity index is 627. The predicted molar refractivity (Wildman–Crippen MR) is 79.0 cm³/mol. The van der Waals surface area contributed by atoms with E-state index < -0.39 is 12.6 Å². The van der Waals surface area contributed by atoms with Crippen LogP contribution in [0.3, 0.4) is 0 Å². The standard InChI is InChI=1S/C13H17F2N5OS/c1-8(11-19-9(2)7-22-11)5-17-13(21)18-6-10-16-3-4-20(10)12(14)15/h3-4,7-8,12H,5-6H2,1-2H3,(H2,17,18,21). The largest absolute Gasteiger partial charge is 0.337 e. The van der Waals surface area contributed by atoms with Crippen LogP contribution < -0.4 is 10.6 Å². The van der Waals surface area contributed by atoms with Gasteiger partial charge in [-0.05, 0) is 6.92 Å². The second-order valence-electron chi connectivity index (χ2n) is 4.82. The van der Waals surface area contributed by atoms with E-state index in [0.29, 0.717) is 11.1 Å². The number of hydrogen-bond donors (Lipinski definition) is 2. The van der Waals surface area contributed by atoms with E-state index >= 15 is 0 Å². The molecular formula is C13H17F2N5OS. The highest BCUT2D eigenvalue weighted by Crippen LogP contribution is 2.18. The molecule has 0 aromatic carbocycles. The van der Waals surface area contributed by atoms with Gasteiger partial charge in [-0.1, -0.05) is 6.92 Å². The maximum absolute atomic E-state index is 12.6. The van der Waals surface area contributed by atoms with Crippen LogP contribution in [0.15, 0.2) is 17.8 Å². The van der Waals surface area contributed by atoms with Crippen molar-refractivity contribution in [3.05, 3.63) is 34.3 Å². The number of carbonyl (C=O) groups is 1. The number of halogens is 2. The smallest absolute Gasteiger partial charge is 0.319 e. The van der Waals surface area contributed by atoms with E-state index in [-0.39, 0.29) is 18.3 Å². The zero-order valence-corrected chi connectivity index (χ0v) is 13.0.